The Morgan fingerprint density at radius 3 is 2.38 bits per heavy atom. The molecular formula is C17H17FN2O. The lowest BCUT2D eigenvalue weighted by Gasteiger charge is -2.23. The molecule has 0 heterocycles. The quantitative estimate of drug-likeness (QED) is 0.935. The van der Waals surface area contributed by atoms with Gasteiger partial charge in [-0.3, -0.25) is 0 Å². The SMILES string of the molecule is Cc1ccc(C(Oc2ccc(C#N)c(F)c2)C(C)N)cc1. The van der Waals surface area contributed by atoms with Gasteiger partial charge in [-0.05, 0) is 31.5 Å². The van der Waals surface area contributed by atoms with Crippen LogP contribution in [0.15, 0.2) is 42.5 Å². The maximum atomic E-state index is 13.6. The molecule has 0 radical (unpaired) electrons. The number of nitrogens with two attached hydrogens (primary N) is 1. The van der Waals surface area contributed by atoms with Crippen molar-refractivity contribution in [2.45, 2.75) is 26.0 Å². The van der Waals surface area contributed by atoms with Crippen LogP contribution in [-0.4, -0.2) is 6.04 Å². The molecule has 0 aliphatic carbocycles. The first-order chi connectivity index (χ1) is 10.0. The first-order valence-corrected chi connectivity index (χ1v) is 6.69. The molecule has 2 rings (SSSR count). The third kappa shape index (κ3) is 3.59. The zero-order valence-corrected chi connectivity index (χ0v) is 12.0. The van der Waals surface area contributed by atoms with E-state index in [0.29, 0.717) is 5.75 Å². The van der Waals surface area contributed by atoms with Crippen molar-refractivity contribution in [2.24, 2.45) is 5.73 Å². The highest BCUT2D eigenvalue weighted by molar-refractivity contribution is 5.37. The van der Waals surface area contributed by atoms with Gasteiger partial charge in [-0.1, -0.05) is 29.8 Å². The van der Waals surface area contributed by atoms with Gasteiger partial charge in [0.25, 0.3) is 0 Å². The highest BCUT2D eigenvalue weighted by atomic mass is 19.1. The van der Waals surface area contributed by atoms with E-state index in [1.54, 1.807) is 12.1 Å². The fraction of sp³-hybridized carbons (Fsp3) is 0.235. The Hall–Kier alpha value is -2.38. The lowest BCUT2D eigenvalue weighted by molar-refractivity contribution is 0.180. The minimum atomic E-state index is -0.595. The maximum absolute atomic E-state index is 13.6. The van der Waals surface area contributed by atoms with Gasteiger partial charge in [0.1, 0.15) is 23.7 Å². The summed E-state index contributed by atoms with van der Waals surface area (Å²) in [7, 11) is 0. The van der Waals surface area contributed by atoms with E-state index in [0.717, 1.165) is 11.1 Å². The van der Waals surface area contributed by atoms with Crippen molar-refractivity contribution in [3.63, 3.8) is 0 Å². The van der Waals surface area contributed by atoms with Crippen LogP contribution in [0.4, 0.5) is 4.39 Å². The molecule has 0 saturated carbocycles. The summed E-state index contributed by atoms with van der Waals surface area (Å²) in [6.07, 6.45) is -0.377. The monoisotopic (exact) mass is 284 g/mol. The molecule has 4 heteroatoms. The third-order valence-electron chi connectivity index (χ3n) is 3.21. The van der Waals surface area contributed by atoms with E-state index >= 15 is 0 Å². The van der Waals surface area contributed by atoms with E-state index in [4.69, 9.17) is 15.7 Å². The number of halogens is 1. The normalized spacial score (nSPS) is 13.3. The second kappa shape index (κ2) is 6.38. The van der Waals surface area contributed by atoms with E-state index in [-0.39, 0.29) is 17.7 Å². The van der Waals surface area contributed by atoms with Crippen LogP contribution >= 0.6 is 0 Å². The minimum Gasteiger partial charge on any atom is -0.484 e. The standard InChI is InChI=1S/C17H17FN2O/c1-11-3-5-13(6-4-11)17(12(2)20)21-15-8-7-14(10-19)16(18)9-15/h3-9,12,17H,20H2,1-2H3. The Kier molecular flexibility index (Phi) is 4.56. The van der Waals surface area contributed by atoms with Gasteiger partial charge in [0.15, 0.2) is 0 Å². The van der Waals surface area contributed by atoms with Crippen molar-refractivity contribution < 1.29 is 9.13 Å². The van der Waals surface area contributed by atoms with Crippen LogP contribution in [0.1, 0.15) is 29.7 Å². The minimum absolute atomic E-state index is 0.00460. The summed E-state index contributed by atoms with van der Waals surface area (Å²) in [5.74, 6) is -0.239. The van der Waals surface area contributed by atoms with Gasteiger partial charge in [-0.15, -0.1) is 0 Å². The van der Waals surface area contributed by atoms with E-state index in [2.05, 4.69) is 0 Å². The molecule has 2 unspecified atom stereocenters. The second-order valence-electron chi connectivity index (χ2n) is 5.06. The van der Waals surface area contributed by atoms with E-state index in [1.165, 1.54) is 12.1 Å². The van der Waals surface area contributed by atoms with Gasteiger partial charge in [0, 0.05) is 12.1 Å². The summed E-state index contributed by atoms with van der Waals surface area (Å²) < 4.78 is 19.4. The lowest BCUT2D eigenvalue weighted by Crippen LogP contribution is -2.29. The Labute approximate surface area is 123 Å². The summed E-state index contributed by atoms with van der Waals surface area (Å²) in [5.41, 5.74) is 8.05. The number of hydrogen-bond donors (Lipinski definition) is 1. The predicted molar refractivity (Wildman–Crippen MR) is 79.3 cm³/mol. The first-order valence-electron chi connectivity index (χ1n) is 6.69. The fourth-order valence-electron chi connectivity index (χ4n) is 2.04. The van der Waals surface area contributed by atoms with E-state index < -0.39 is 5.82 Å². The van der Waals surface area contributed by atoms with Crippen LogP contribution in [0.5, 0.6) is 5.75 Å². The van der Waals surface area contributed by atoms with Crippen LogP contribution in [0.2, 0.25) is 0 Å². The Morgan fingerprint density at radius 1 is 1.19 bits per heavy atom. The molecular weight excluding hydrogens is 267 g/mol. The Bertz CT molecular complexity index is 659. The van der Waals surface area contributed by atoms with Crippen LogP contribution in [0.25, 0.3) is 0 Å². The molecule has 2 atom stereocenters. The summed E-state index contributed by atoms with van der Waals surface area (Å²) in [4.78, 5) is 0. The highest BCUT2D eigenvalue weighted by Crippen LogP contribution is 2.26. The van der Waals surface area contributed by atoms with Gasteiger partial charge in [-0.25, -0.2) is 4.39 Å². The van der Waals surface area contributed by atoms with E-state index in [9.17, 15) is 4.39 Å². The number of benzene rings is 2. The van der Waals surface area contributed by atoms with Crippen molar-refractivity contribution in [3.8, 4) is 11.8 Å². The second-order valence-corrected chi connectivity index (χ2v) is 5.06. The largest absolute Gasteiger partial charge is 0.484 e. The van der Waals surface area contributed by atoms with Crippen molar-refractivity contribution in [1.29, 1.82) is 5.26 Å². The van der Waals surface area contributed by atoms with Crippen molar-refractivity contribution in [1.82, 2.24) is 0 Å². The smallest absolute Gasteiger partial charge is 0.144 e. The number of nitrogens with zero attached hydrogens (tertiary/aromatic N) is 1. The highest BCUT2D eigenvalue weighted by Gasteiger charge is 2.18. The zero-order valence-electron chi connectivity index (χ0n) is 12.0. The third-order valence-corrected chi connectivity index (χ3v) is 3.21. The Balaban J connectivity index is 2.27. The number of aryl methyl sites for hydroxylation is 1. The molecule has 2 aromatic carbocycles. The number of rotatable bonds is 4. The molecule has 0 bridgehead atoms. The molecule has 2 N–H and O–H groups in total. The molecule has 0 aliphatic heterocycles. The number of nitriles is 1. The van der Waals surface area contributed by atoms with Crippen LogP contribution in [-0.2, 0) is 0 Å². The summed E-state index contributed by atoms with van der Waals surface area (Å²) in [5, 5.41) is 8.73. The average Bonchev–Trinajstić information content (AvgIpc) is 2.46. The molecule has 108 valence electrons. The average molecular weight is 284 g/mol. The fourth-order valence-corrected chi connectivity index (χ4v) is 2.04. The molecule has 0 aliphatic rings. The summed E-state index contributed by atoms with van der Waals surface area (Å²) in [6.45, 7) is 3.84. The predicted octanol–water partition coefficient (Wildman–Crippen LogP) is 3.47. The summed E-state index contributed by atoms with van der Waals surface area (Å²) >= 11 is 0. The maximum Gasteiger partial charge on any atom is 0.144 e. The van der Waals surface area contributed by atoms with Crippen molar-refractivity contribution >= 4 is 0 Å². The van der Waals surface area contributed by atoms with Gasteiger partial charge >= 0.3 is 0 Å². The summed E-state index contributed by atoms with van der Waals surface area (Å²) in [6, 6.07) is 13.6. The first kappa shape index (κ1) is 15.0. The Morgan fingerprint density at radius 2 is 1.86 bits per heavy atom. The van der Waals surface area contributed by atoms with Crippen LogP contribution in [0.3, 0.4) is 0 Å². The van der Waals surface area contributed by atoms with Crippen molar-refractivity contribution in [2.75, 3.05) is 0 Å². The van der Waals surface area contributed by atoms with Crippen LogP contribution < -0.4 is 10.5 Å². The van der Waals surface area contributed by atoms with E-state index in [1.807, 2.05) is 38.1 Å². The molecule has 21 heavy (non-hydrogen) atoms. The topological polar surface area (TPSA) is 59.0 Å². The number of hydrogen-bond acceptors (Lipinski definition) is 3. The van der Waals surface area contributed by atoms with Gasteiger partial charge in [0.2, 0.25) is 0 Å². The van der Waals surface area contributed by atoms with Crippen LogP contribution in [0, 0.1) is 24.1 Å². The molecule has 0 fully saturated rings. The zero-order chi connectivity index (χ0) is 15.4. The molecule has 3 nitrogen and oxygen atoms in total. The molecule has 0 spiro atoms. The van der Waals surface area contributed by atoms with Gasteiger partial charge in [-0.2, -0.15) is 5.26 Å². The van der Waals surface area contributed by atoms with Gasteiger partial charge < -0.3 is 10.5 Å². The molecule has 0 saturated heterocycles. The molecule has 0 aromatic heterocycles. The lowest BCUT2D eigenvalue weighted by atomic mass is 10.0. The van der Waals surface area contributed by atoms with Gasteiger partial charge in [0.05, 0.1) is 5.56 Å². The molecule has 2 aromatic rings. The van der Waals surface area contributed by atoms with Crippen molar-refractivity contribution in [3.05, 3.63) is 65.0 Å². The molecule has 0 amide bonds. The number of ether oxygens (including phenoxy) is 1.